The summed E-state index contributed by atoms with van der Waals surface area (Å²) in [6.07, 6.45) is 2.29. The molecule has 0 spiro atoms. The Hall–Kier alpha value is -1.43. The summed E-state index contributed by atoms with van der Waals surface area (Å²) in [5.74, 6) is 0.0843. The lowest BCUT2D eigenvalue weighted by Crippen LogP contribution is -2.45. The molecule has 0 radical (unpaired) electrons. The molecule has 1 atom stereocenters. The van der Waals surface area contributed by atoms with Crippen molar-refractivity contribution < 1.29 is 14.3 Å². The van der Waals surface area contributed by atoms with E-state index in [0.717, 1.165) is 12.8 Å². The van der Waals surface area contributed by atoms with E-state index in [-0.39, 0.29) is 23.3 Å². The van der Waals surface area contributed by atoms with Gasteiger partial charge in [-0.1, -0.05) is 11.6 Å². The number of piperidine rings is 1. The van der Waals surface area contributed by atoms with E-state index in [2.05, 4.69) is 0 Å². The molecule has 6 nitrogen and oxygen atoms in total. The van der Waals surface area contributed by atoms with Gasteiger partial charge in [0, 0.05) is 12.6 Å². The molecule has 0 aromatic heterocycles. The number of halogens is 1. The van der Waals surface area contributed by atoms with E-state index >= 15 is 0 Å². The highest BCUT2D eigenvalue weighted by Crippen LogP contribution is 2.18. The number of nitrogens with one attached hydrogen (secondary N) is 1. The van der Waals surface area contributed by atoms with E-state index in [9.17, 15) is 4.79 Å². The Kier molecular flexibility index (Phi) is 5.68. The van der Waals surface area contributed by atoms with Gasteiger partial charge in [0.15, 0.2) is 5.88 Å². The first-order valence-electron chi connectivity index (χ1n) is 6.53. The highest BCUT2D eigenvalue weighted by Gasteiger charge is 2.28. The third-order valence-electron chi connectivity index (χ3n) is 2.60. The fourth-order valence-corrected chi connectivity index (χ4v) is 1.99. The molecule has 1 amide bonds. The molecule has 0 aromatic rings. The van der Waals surface area contributed by atoms with Crippen molar-refractivity contribution in [2.24, 2.45) is 5.73 Å². The molecule has 0 aliphatic carbocycles. The highest BCUT2D eigenvalue weighted by molar-refractivity contribution is 6.67. The number of likely N-dealkylation sites (tertiary alicyclic amines) is 1. The minimum atomic E-state index is -0.516. The van der Waals surface area contributed by atoms with Crippen LogP contribution >= 0.6 is 11.6 Å². The van der Waals surface area contributed by atoms with E-state index in [0.29, 0.717) is 13.1 Å². The van der Waals surface area contributed by atoms with Gasteiger partial charge >= 0.3 is 6.09 Å². The third kappa shape index (κ3) is 6.14. The lowest BCUT2D eigenvalue weighted by atomic mass is 10.1. The van der Waals surface area contributed by atoms with Gasteiger partial charge < -0.3 is 20.1 Å². The molecule has 1 aliphatic rings. The number of carbonyl (C=O) groups is 1. The van der Waals surface area contributed by atoms with Crippen molar-refractivity contribution in [3.63, 3.8) is 0 Å². The summed E-state index contributed by atoms with van der Waals surface area (Å²) < 4.78 is 10.8. The highest BCUT2D eigenvalue weighted by atomic mass is 35.5. The molecule has 7 heteroatoms. The Bertz CT molecular complexity index is 404. The maximum absolute atomic E-state index is 12.0. The quantitative estimate of drug-likeness (QED) is 0.619. The first-order valence-corrected chi connectivity index (χ1v) is 6.91. The van der Waals surface area contributed by atoms with Crippen molar-refractivity contribution in [3.05, 3.63) is 12.0 Å². The molecule has 20 heavy (non-hydrogen) atoms. The molecular formula is C13H22ClN3O3. The van der Waals surface area contributed by atoms with Crippen LogP contribution in [0.25, 0.3) is 0 Å². The number of nitrogens with two attached hydrogens (primary N) is 1. The van der Waals surface area contributed by atoms with Gasteiger partial charge in [0.2, 0.25) is 0 Å². The second kappa shape index (κ2) is 6.83. The number of hydrogen-bond acceptors (Lipinski definition) is 5. The van der Waals surface area contributed by atoms with Crippen LogP contribution in [0.5, 0.6) is 0 Å². The maximum Gasteiger partial charge on any atom is 0.410 e. The molecule has 3 N–H and O–H groups in total. The first-order chi connectivity index (χ1) is 9.17. The van der Waals surface area contributed by atoms with Gasteiger partial charge in [0.25, 0.3) is 0 Å². The number of rotatable bonds is 3. The lowest BCUT2D eigenvalue weighted by Gasteiger charge is -2.34. The number of carbonyl (C=O) groups excluding carboxylic acids is 1. The van der Waals surface area contributed by atoms with Crippen molar-refractivity contribution in [2.45, 2.75) is 45.3 Å². The predicted octanol–water partition coefficient (Wildman–Crippen LogP) is 2.42. The normalized spacial score (nSPS) is 20.5. The number of ether oxygens (including phenoxy) is 2. The number of allylic oxidation sites excluding steroid dienone is 1. The Labute approximate surface area is 124 Å². The summed E-state index contributed by atoms with van der Waals surface area (Å²) >= 11 is 5.40. The molecule has 1 fully saturated rings. The Morgan fingerprint density at radius 1 is 1.50 bits per heavy atom. The van der Waals surface area contributed by atoms with Gasteiger partial charge in [0.1, 0.15) is 16.9 Å². The van der Waals surface area contributed by atoms with Gasteiger partial charge in [0.05, 0.1) is 6.54 Å². The SMILES string of the molecule is CC(C)(C)OC(=O)N1CCC[C@H](O/C(N)=C/C(=N)Cl)C1. The topological polar surface area (TPSA) is 88.6 Å². The lowest BCUT2D eigenvalue weighted by molar-refractivity contribution is -0.00357. The van der Waals surface area contributed by atoms with Crippen LogP contribution in [-0.4, -0.2) is 41.0 Å². The summed E-state index contributed by atoms with van der Waals surface area (Å²) in [5, 5.41) is 6.90. The van der Waals surface area contributed by atoms with Crippen LogP contribution in [0.15, 0.2) is 12.0 Å². The van der Waals surface area contributed by atoms with E-state index in [1.807, 2.05) is 20.8 Å². The van der Waals surface area contributed by atoms with Crippen molar-refractivity contribution in [1.29, 1.82) is 5.41 Å². The second-order valence-corrected chi connectivity index (χ2v) is 6.11. The van der Waals surface area contributed by atoms with Crippen LogP contribution in [-0.2, 0) is 9.47 Å². The minimum absolute atomic E-state index is 0.0843. The molecule has 1 saturated heterocycles. The minimum Gasteiger partial charge on any atom is -0.474 e. The zero-order chi connectivity index (χ0) is 15.3. The van der Waals surface area contributed by atoms with E-state index in [1.54, 1.807) is 4.90 Å². The predicted molar refractivity (Wildman–Crippen MR) is 77.8 cm³/mol. The summed E-state index contributed by atoms with van der Waals surface area (Å²) in [6.45, 7) is 6.55. The van der Waals surface area contributed by atoms with Crippen LogP contribution < -0.4 is 5.73 Å². The number of hydrogen-bond donors (Lipinski definition) is 2. The smallest absolute Gasteiger partial charge is 0.410 e. The Morgan fingerprint density at radius 2 is 2.15 bits per heavy atom. The second-order valence-electron chi connectivity index (χ2n) is 5.70. The molecule has 1 rings (SSSR count). The van der Waals surface area contributed by atoms with E-state index in [4.69, 9.17) is 32.2 Å². The van der Waals surface area contributed by atoms with Crippen LogP contribution in [0.4, 0.5) is 4.79 Å². The van der Waals surface area contributed by atoms with Crippen molar-refractivity contribution in [2.75, 3.05) is 13.1 Å². The maximum atomic E-state index is 12.0. The van der Waals surface area contributed by atoms with E-state index < -0.39 is 5.60 Å². The molecule has 1 heterocycles. The molecule has 114 valence electrons. The fraction of sp³-hybridized carbons (Fsp3) is 0.692. The molecular weight excluding hydrogens is 282 g/mol. The summed E-state index contributed by atoms with van der Waals surface area (Å²) in [5.41, 5.74) is 5.09. The van der Waals surface area contributed by atoms with Gasteiger partial charge in [-0.3, -0.25) is 5.41 Å². The van der Waals surface area contributed by atoms with Crippen LogP contribution in [0.1, 0.15) is 33.6 Å². The zero-order valence-corrected chi connectivity index (χ0v) is 12.9. The third-order valence-corrected chi connectivity index (χ3v) is 2.71. The zero-order valence-electron chi connectivity index (χ0n) is 12.1. The van der Waals surface area contributed by atoms with Gasteiger partial charge in [-0.05, 0) is 33.6 Å². The average molecular weight is 304 g/mol. The van der Waals surface area contributed by atoms with Gasteiger partial charge in [-0.2, -0.15) is 0 Å². The Balaban J connectivity index is 2.54. The number of nitrogens with zero attached hydrogens (tertiary/aromatic N) is 1. The summed E-state index contributed by atoms with van der Waals surface area (Å²) in [7, 11) is 0. The van der Waals surface area contributed by atoms with Crippen molar-refractivity contribution in [1.82, 2.24) is 4.90 Å². The van der Waals surface area contributed by atoms with Crippen LogP contribution in [0.3, 0.4) is 0 Å². The molecule has 0 unspecified atom stereocenters. The summed E-state index contributed by atoms with van der Waals surface area (Å²) in [6, 6.07) is 0. The first kappa shape index (κ1) is 16.6. The Morgan fingerprint density at radius 3 is 2.70 bits per heavy atom. The largest absolute Gasteiger partial charge is 0.474 e. The standard InChI is InChI=1S/C13H22ClN3O3/c1-13(2,3)20-12(18)17-6-4-5-9(8-17)19-11(16)7-10(14)15/h7,9,15H,4-6,8,16H2,1-3H3/b11-7+,15-10?/t9-/m0/s1. The monoisotopic (exact) mass is 303 g/mol. The van der Waals surface area contributed by atoms with Gasteiger partial charge in [-0.25, -0.2) is 4.79 Å². The van der Waals surface area contributed by atoms with Crippen molar-refractivity contribution in [3.8, 4) is 0 Å². The average Bonchev–Trinajstić information content (AvgIpc) is 2.25. The molecule has 0 saturated carbocycles. The fourth-order valence-electron chi connectivity index (χ4n) is 1.88. The molecule has 0 bridgehead atoms. The van der Waals surface area contributed by atoms with E-state index in [1.165, 1.54) is 6.08 Å². The van der Waals surface area contributed by atoms with Crippen LogP contribution in [0, 0.1) is 5.41 Å². The van der Waals surface area contributed by atoms with Crippen LogP contribution in [0.2, 0.25) is 0 Å². The van der Waals surface area contributed by atoms with Gasteiger partial charge in [-0.15, -0.1) is 0 Å². The summed E-state index contributed by atoms with van der Waals surface area (Å²) in [4.78, 5) is 13.6. The van der Waals surface area contributed by atoms with Crippen molar-refractivity contribution >= 4 is 22.9 Å². The molecule has 0 aromatic carbocycles. The molecule has 1 aliphatic heterocycles. The number of amides is 1.